The number of rotatable bonds is 2. The Labute approximate surface area is 68.4 Å². The van der Waals surface area contributed by atoms with E-state index >= 15 is 0 Å². The van der Waals surface area contributed by atoms with Gasteiger partial charge in [0.05, 0.1) is 7.11 Å². The first kappa shape index (κ1) is 10.0. The van der Waals surface area contributed by atoms with Crippen molar-refractivity contribution in [2.24, 2.45) is 4.99 Å². The molecule has 0 aliphatic rings. The van der Waals surface area contributed by atoms with E-state index in [4.69, 9.17) is 4.74 Å². The molecule has 3 nitrogen and oxygen atoms in total. The summed E-state index contributed by atoms with van der Waals surface area (Å²) < 4.78 is 5.02. The molecule has 0 aromatic carbocycles. The molecule has 0 unspecified atom stereocenters. The number of nitrogens with zero attached hydrogens (tertiary/aromatic N) is 2. The third kappa shape index (κ3) is 3.07. The van der Waals surface area contributed by atoms with E-state index in [9.17, 15) is 0 Å². The molecule has 0 fully saturated rings. The number of ether oxygens (including phenoxy) is 1. The Bertz CT molecular complexity index is 152. The lowest BCUT2D eigenvalue weighted by molar-refractivity contribution is 0.281. The summed E-state index contributed by atoms with van der Waals surface area (Å²) in [6, 6.07) is 0.976. The van der Waals surface area contributed by atoms with Crippen molar-refractivity contribution in [3.05, 3.63) is 12.8 Å². The van der Waals surface area contributed by atoms with Crippen molar-refractivity contribution in [1.82, 2.24) is 4.90 Å². The van der Waals surface area contributed by atoms with E-state index in [0.29, 0.717) is 12.1 Å². The average Bonchev–Trinajstić information content (AvgIpc) is 1.98. The largest absolute Gasteiger partial charge is 0.468 e. The van der Waals surface area contributed by atoms with Crippen LogP contribution < -0.4 is 0 Å². The lowest BCUT2D eigenvalue weighted by Crippen LogP contribution is -2.33. The van der Waals surface area contributed by atoms with Gasteiger partial charge in [0, 0.05) is 19.3 Å². The van der Waals surface area contributed by atoms with Crippen molar-refractivity contribution in [2.45, 2.75) is 19.9 Å². The summed E-state index contributed by atoms with van der Waals surface area (Å²) in [6.07, 6.45) is 1.47. The highest BCUT2D eigenvalue weighted by atomic mass is 16.5. The molecule has 0 saturated heterocycles. The van der Waals surface area contributed by atoms with Gasteiger partial charge in [-0.15, -0.1) is 0 Å². The van der Waals surface area contributed by atoms with Crippen LogP contribution in [0.15, 0.2) is 17.8 Å². The second kappa shape index (κ2) is 4.77. The Morgan fingerprint density at radius 2 is 2.18 bits per heavy atom. The van der Waals surface area contributed by atoms with Gasteiger partial charge in [-0.2, -0.15) is 0 Å². The maximum absolute atomic E-state index is 5.02. The van der Waals surface area contributed by atoms with E-state index < -0.39 is 0 Å². The molecule has 11 heavy (non-hydrogen) atoms. The van der Waals surface area contributed by atoms with E-state index in [2.05, 4.69) is 25.4 Å². The van der Waals surface area contributed by atoms with Crippen molar-refractivity contribution >= 4 is 6.02 Å². The predicted molar refractivity (Wildman–Crippen MR) is 47.5 cm³/mol. The second-order valence-corrected chi connectivity index (χ2v) is 2.50. The maximum atomic E-state index is 5.02. The molecule has 0 aliphatic carbocycles. The molecule has 0 aromatic heterocycles. The normalized spacial score (nSPS) is 11.5. The molecular formula is C8H16N2O. The first-order chi connectivity index (χ1) is 5.13. The van der Waals surface area contributed by atoms with Crippen LogP contribution in [0, 0.1) is 0 Å². The minimum atomic E-state index is 0.383. The van der Waals surface area contributed by atoms with Crippen LogP contribution in [0.3, 0.4) is 0 Å². The number of methoxy groups -OCH3 is 1. The molecule has 0 bridgehead atoms. The van der Waals surface area contributed by atoms with Crippen LogP contribution in [0.2, 0.25) is 0 Å². The molecule has 3 heteroatoms. The average molecular weight is 156 g/mol. The van der Waals surface area contributed by atoms with Gasteiger partial charge in [0.15, 0.2) is 0 Å². The zero-order chi connectivity index (χ0) is 8.85. The summed E-state index contributed by atoms with van der Waals surface area (Å²) in [5.41, 5.74) is 0. The fraction of sp³-hybridized carbons (Fsp3) is 0.625. The summed E-state index contributed by atoms with van der Waals surface area (Å²) in [5, 5.41) is 0. The molecule has 0 N–H and O–H groups in total. The van der Waals surface area contributed by atoms with Gasteiger partial charge >= 0.3 is 0 Å². The first-order valence-corrected chi connectivity index (χ1v) is 3.59. The minimum Gasteiger partial charge on any atom is -0.468 e. The monoisotopic (exact) mass is 156 g/mol. The van der Waals surface area contributed by atoms with E-state index in [1.807, 2.05) is 11.9 Å². The van der Waals surface area contributed by atoms with E-state index in [1.54, 1.807) is 7.11 Å². The van der Waals surface area contributed by atoms with Gasteiger partial charge in [-0.05, 0) is 13.8 Å². The molecule has 0 amide bonds. The fourth-order valence-corrected chi connectivity index (χ4v) is 0.587. The third-order valence-corrected chi connectivity index (χ3v) is 1.46. The number of amidine groups is 1. The topological polar surface area (TPSA) is 24.8 Å². The van der Waals surface area contributed by atoms with Gasteiger partial charge in [0.25, 0.3) is 6.02 Å². The van der Waals surface area contributed by atoms with Crippen LogP contribution >= 0.6 is 0 Å². The van der Waals surface area contributed by atoms with Gasteiger partial charge in [-0.1, -0.05) is 6.58 Å². The van der Waals surface area contributed by atoms with Crippen molar-refractivity contribution in [3.8, 4) is 0 Å². The van der Waals surface area contributed by atoms with Crippen LogP contribution in [0.25, 0.3) is 0 Å². The molecule has 0 aromatic rings. The molecule has 0 rings (SSSR count). The Morgan fingerprint density at radius 1 is 1.64 bits per heavy atom. The van der Waals surface area contributed by atoms with Crippen LogP contribution in [-0.2, 0) is 4.74 Å². The summed E-state index contributed by atoms with van der Waals surface area (Å²) in [7, 11) is 3.53. The lowest BCUT2D eigenvalue weighted by atomic mass is 10.4. The minimum absolute atomic E-state index is 0.383. The van der Waals surface area contributed by atoms with Crippen LogP contribution in [-0.4, -0.2) is 31.1 Å². The predicted octanol–water partition coefficient (Wildman–Crippen LogP) is 1.47. The first-order valence-electron chi connectivity index (χ1n) is 3.59. The van der Waals surface area contributed by atoms with Crippen molar-refractivity contribution < 1.29 is 4.74 Å². The summed E-state index contributed by atoms with van der Waals surface area (Å²) in [5.74, 6) is 0. The summed E-state index contributed by atoms with van der Waals surface area (Å²) in [4.78, 5) is 5.88. The summed E-state index contributed by atoms with van der Waals surface area (Å²) >= 11 is 0. The van der Waals surface area contributed by atoms with Crippen molar-refractivity contribution in [2.75, 3.05) is 14.2 Å². The zero-order valence-corrected chi connectivity index (χ0v) is 7.66. The van der Waals surface area contributed by atoms with Gasteiger partial charge in [-0.3, -0.25) is 0 Å². The van der Waals surface area contributed by atoms with Crippen LogP contribution in [0.1, 0.15) is 13.8 Å². The molecule has 0 atom stereocenters. The highest BCUT2D eigenvalue weighted by Gasteiger charge is 2.08. The Hall–Kier alpha value is -0.990. The molecule has 0 aliphatic heterocycles. The number of hydrogen-bond donors (Lipinski definition) is 0. The molecule has 0 saturated carbocycles. The Balaban J connectivity index is 4.25. The SMILES string of the molecule is C=C/N=C(/OC)N(C)C(C)C. The maximum Gasteiger partial charge on any atom is 0.291 e. The van der Waals surface area contributed by atoms with Gasteiger partial charge in [-0.25, -0.2) is 4.99 Å². The molecule has 0 spiro atoms. The Kier molecular flexibility index (Phi) is 4.34. The highest BCUT2D eigenvalue weighted by molar-refractivity contribution is 5.74. The van der Waals surface area contributed by atoms with Crippen molar-refractivity contribution in [3.63, 3.8) is 0 Å². The van der Waals surface area contributed by atoms with Gasteiger partial charge < -0.3 is 9.64 Å². The molecule has 0 radical (unpaired) electrons. The number of aliphatic imine (C=N–C) groups is 1. The van der Waals surface area contributed by atoms with Gasteiger partial charge in [0.2, 0.25) is 0 Å². The molecule has 64 valence electrons. The zero-order valence-electron chi connectivity index (χ0n) is 7.66. The smallest absolute Gasteiger partial charge is 0.291 e. The standard InChI is InChI=1S/C8H16N2O/c1-6-9-8(11-5)10(4)7(2)3/h6-7H,1H2,2-5H3/b9-8+. The lowest BCUT2D eigenvalue weighted by Gasteiger charge is -2.22. The third-order valence-electron chi connectivity index (χ3n) is 1.46. The van der Waals surface area contributed by atoms with E-state index in [0.717, 1.165) is 0 Å². The van der Waals surface area contributed by atoms with Gasteiger partial charge in [0.1, 0.15) is 0 Å². The van der Waals surface area contributed by atoms with E-state index in [1.165, 1.54) is 6.20 Å². The van der Waals surface area contributed by atoms with Crippen LogP contribution in [0.4, 0.5) is 0 Å². The quantitative estimate of drug-likeness (QED) is 0.447. The second-order valence-electron chi connectivity index (χ2n) is 2.50. The summed E-state index contributed by atoms with van der Waals surface area (Å²) in [6.45, 7) is 7.63. The van der Waals surface area contributed by atoms with E-state index in [-0.39, 0.29) is 0 Å². The molecule has 0 heterocycles. The Morgan fingerprint density at radius 3 is 2.45 bits per heavy atom. The highest BCUT2D eigenvalue weighted by Crippen LogP contribution is 1.96. The van der Waals surface area contributed by atoms with Crippen LogP contribution in [0.5, 0.6) is 0 Å². The molecular weight excluding hydrogens is 140 g/mol. The van der Waals surface area contributed by atoms with Crippen molar-refractivity contribution in [1.29, 1.82) is 0 Å². The fourth-order valence-electron chi connectivity index (χ4n) is 0.587. The number of hydrogen-bond acceptors (Lipinski definition) is 2.